The fourth-order valence-electron chi connectivity index (χ4n) is 1.71. The summed E-state index contributed by atoms with van der Waals surface area (Å²) in [6, 6.07) is 6.81. The first-order valence-electron chi connectivity index (χ1n) is 5.51. The number of halogens is 3. The van der Waals surface area contributed by atoms with Crippen molar-refractivity contribution in [3.05, 3.63) is 51.8 Å². The molecule has 3 nitrogen and oxygen atoms in total. The molecule has 0 fully saturated rings. The van der Waals surface area contributed by atoms with Crippen LogP contribution in [0.1, 0.15) is 10.4 Å². The normalized spacial score (nSPS) is 10.4. The van der Waals surface area contributed by atoms with Crippen molar-refractivity contribution in [2.45, 2.75) is 0 Å². The highest BCUT2D eigenvalue weighted by Crippen LogP contribution is 2.37. The molecule has 2 rings (SSSR count). The Morgan fingerprint density at radius 1 is 1.20 bits per heavy atom. The molecule has 1 N–H and O–H groups in total. The van der Waals surface area contributed by atoms with Gasteiger partial charge in [-0.25, -0.2) is 9.18 Å². The van der Waals surface area contributed by atoms with Gasteiger partial charge in [-0.05, 0) is 23.8 Å². The van der Waals surface area contributed by atoms with Crippen LogP contribution in [0.3, 0.4) is 0 Å². The number of methoxy groups -OCH3 is 1. The second-order valence-electron chi connectivity index (χ2n) is 3.95. The van der Waals surface area contributed by atoms with Crippen LogP contribution in [-0.2, 0) is 4.74 Å². The van der Waals surface area contributed by atoms with E-state index in [4.69, 9.17) is 28.3 Å². The standard InChI is InChI=1S/C14H9Cl2FO3/c1-20-14(19)9-4-3-8(12(15)13(9)16)7-2-5-11(18)10(17)6-7/h2-6,18H,1H3. The molecule has 0 heterocycles. The minimum absolute atomic E-state index is 0.0319. The zero-order valence-corrected chi connectivity index (χ0v) is 11.8. The lowest BCUT2D eigenvalue weighted by molar-refractivity contribution is 0.0601. The van der Waals surface area contributed by atoms with Gasteiger partial charge in [0.05, 0.1) is 22.7 Å². The highest BCUT2D eigenvalue weighted by molar-refractivity contribution is 6.45. The van der Waals surface area contributed by atoms with Gasteiger partial charge >= 0.3 is 5.97 Å². The first-order valence-corrected chi connectivity index (χ1v) is 6.26. The lowest BCUT2D eigenvalue weighted by Crippen LogP contribution is -2.02. The maximum atomic E-state index is 13.4. The minimum Gasteiger partial charge on any atom is -0.505 e. The van der Waals surface area contributed by atoms with E-state index < -0.39 is 17.5 Å². The van der Waals surface area contributed by atoms with E-state index in [0.29, 0.717) is 11.1 Å². The third kappa shape index (κ3) is 2.57. The zero-order chi connectivity index (χ0) is 14.9. The average molecular weight is 315 g/mol. The van der Waals surface area contributed by atoms with Gasteiger partial charge in [0.15, 0.2) is 11.6 Å². The quantitative estimate of drug-likeness (QED) is 0.841. The molecule has 0 radical (unpaired) electrons. The van der Waals surface area contributed by atoms with E-state index in [-0.39, 0.29) is 15.6 Å². The molecular formula is C14H9Cl2FO3. The second kappa shape index (κ2) is 5.69. The van der Waals surface area contributed by atoms with Gasteiger partial charge in [0, 0.05) is 5.56 Å². The molecule has 0 bridgehead atoms. The fourth-order valence-corrected chi connectivity index (χ4v) is 2.23. The summed E-state index contributed by atoms with van der Waals surface area (Å²) in [7, 11) is 1.23. The van der Waals surface area contributed by atoms with Crippen LogP contribution >= 0.6 is 23.2 Å². The van der Waals surface area contributed by atoms with Gasteiger partial charge < -0.3 is 9.84 Å². The summed E-state index contributed by atoms with van der Waals surface area (Å²) in [4.78, 5) is 11.5. The van der Waals surface area contributed by atoms with Gasteiger partial charge in [-0.1, -0.05) is 35.3 Å². The van der Waals surface area contributed by atoms with Crippen molar-refractivity contribution in [1.29, 1.82) is 0 Å². The summed E-state index contributed by atoms with van der Waals surface area (Å²) >= 11 is 12.1. The number of phenols is 1. The third-order valence-electron chi connectivity index (χ3n) is 2.75. The summed E-state index contributed by atoms with van der Waals surface area (Å²) in [5.74, 6) is -1.84. The van der Waals surface area contributed by atoms with Crippen molar-refractivity contribution in [1.82, 2.24) is 0 Å². The predicted molar refractivity (Wildman–Crippen MR) is 74.9 cm³/mol. The van der Waals surface area contributed by atoms with Crippen LogP contribution < -0.4 is 0 Å². The molecule has 2 aromatic carbocycles. The summed E-state index contributed by atoms with van der Waals surface area (Å²) < 4.78 is 17.9. The number of aromatic hydroxyl groups is 1. The maximum absolute atomic E-state index is 13.4. The van der Waals surface area contributed by atoms with Gasteiger partial charge in [-0.2, -0.15) is 0 Å². The number of hydrogen-bond donors (Lipinski definition) is 1. The summed E-state index contributed by atoms with van der Waals surface area (Å²) in [6.45, 7) is 0. The molecule has 0 saturated heterocycles. The minimum atomic E-state index is -0.772. The molecule has 20 heavy (non-hydrogen) atoms. The molecule has 0 unspecified atom stereocenters. The smallest absolute Gasteiger partial charge is 0.339 e. The van der Waals surface area contributed by atoms with Crippen LogP contribution in [0.5, 0.6) is 5.75 Å². The zero-order valence-electron chi connectivity index (χ0n) is 10.3. The average Bonchev–Trinajstić information content (AvgIpc) is 2.44. The Bertz CT molecular complexity index is 686. The van der Waals surface area contributed by atoms with E-state index in [9.17, 15) is 9.18 Å². The Hall–Kier alpha value is -1.78. The third-order valence-corrected chi connectivity index (χ3v) is 3.63. The van der Waals surface area contributed by atoms with Crippen molar-refractivity contribution in [2.24, 2.45) is 0 Å². The van der Waals surface area contributed by atoms with Crippen LogP contribution in [0.2, 0.25) is 10.0 Å². The van der Waals surface area contributed by atoms with E-state index in [1.165, 1.54) is 31.4 Å². The molecule has 6 heteroatoms. The number of hydrogen-bond acceptors (Lipinski definition) is 3. The monoisotopic (exact) mass is 314 g/mol. The van der Waals surface area contributed by atoms with Gasteiger partial charge in [-0.15, -0.1) is 0 Å². The predicted octanol–water partition coefficient (Wildman–Crippen LogP) is 4.29. The molecule has 2 aromatic rings. The number of carbonyl (C=O) groups excluding carboxylic acids is 1. The van der Waals surface area contributed by atoms with Crippen LogP contribution in [0.4, 0.5) is 4.39 Å². The summed E-state index contributed by atoms with van der Waals surface area (Å²) in [5, 5.41) is 9.31. The van der Waals surface area contributed by atoms with Gasteiger partial charge in [-0.3, -0.25) is 0 Å². The number of esters is 1. The van der Waals surface area contributed by atoms with Crippen molar-refractivity contribution in [3.8, 4) is 16.9 Å². The van der Waals surface area contributed by atoms with E-state index in [2.05, 4.69) is 4.74 Å². The first kappa shape index (κ1) is 14.6. The van der Waals surface area contributed by atoms with Crippen LogP contribution in [0, 0.1) is 5.82 Å². The van der Waals surface area contributed by atoms with Crippen LogP contribution in [0.25, 0.3) is 11.1 Å². The first-order chi connectivity index (χ1) is 9.45. The Labute approximate surface area is 124 Å². The lowest BCUT2D eigenvalue weighted by atomic mass is 10.0. The largest absolute Gasteiger partial charge is 0.505 e. The molecule has 0 aliphatic heterocycles. The molecule has 0 atom stereocenters. The number of ether oxygens (including phenoxy) is 1. The van der Waals surface area contributed by atoms with Crippen molar-refractivity contribution in [2.75, 3.05) is 7.11 Å². The second-order valence-corrected chi connectivity index (χ2v) is 4.70. The van der Waals surface area contributed by atoms with Gasteiger partial charge in [0.1, 0.15) is 0 Å². The lowest BCUT2D eigenvalue weighted by Gasteiger charge is -2.10. The molecule has 0 aromatic heterocycles. The maximum Gasteiger partial charge on any atom is 0.339 e. The number of phenolic OH excluding ortho intramolecular Hbond substituents is 1. The highest BCUT2D eigenvalue weighted by atomic mass is 35.5. The van der Waals surface area contributed by atoms with Crippen LogP contribution in [0.15, 0.2) is 30.3 Å². The molecule has 104 valence electrons. The Balaban J connectivity index is 2.56. The Morgan fingerprint density at radius 3 is 2.50 bits per heavy atom. The van der Waals surface area contributed by atoms with Crippen molar-refractivity contribution < 1.29 is 19.0 Å². The number of benzene rings is 2. The molecule has 0 aliphatic carbocycles. The van der Waals surface area contributed by atoms with Crippen molar-refractivity contribution >= 4 is 29.2 Å². The molecule has 0 saturated carbocycles. The SMILES string of the molecule is COC(=O)c1ccc(-c2ccc(O)c(F)c2)c(Cl)c1Cl. The fraction of sp³-hybridized carbons (Fsp3) is 0.0714. The Kier molecular flexibility index (Phi) is 4.16. The van der Waals surface area contributed by atoms with E-state index >= 15 is 0 Å². The summed E-state index contributed by atoms with van der Waals surface area (Å²) in [5.41, 5.74) is 1.01. The van der Waals surface area contributed by atoms with E-state index in [1.807, 2.05) is 0 Å². The molecular weight excluding hydrogens is 306 g/mol. The Morgan fingerprint density at radius 2 is 1.90 bits per heavy atom. The van der Waals surface area contributed by atoms with Crippen LogP contribution in [-0.4, -0.2) is 18.2 Å². The highest BCUT2D eigenvalue weighted by Gasteiger charge is 2.17. The number of carbonyl (C=O) groups is 1. The summed E-state index contributed by atoms with van der Waals surface area (Å²) in [6.07, 6.45) is 0. The molecule has 0 spiro atoms. The number of rotatable bonds is 2. The molecule has 0 aliphatic rings. The van der Waals surface area contributed by atoms with Gasteiger partial charge in [0.25, 0.3) is 0 Å². The van der Waals surface area contributed by atoms with E-state index in [1.54, 1.807) is 0 Å². The van der Waals surface area contributed by atoms with E-state index in [0.717, 1.165) is 6.07 Å². The van der Waals surface area contributed by atoms with Crippen molar-refractivity contribution in [3.63, 3.8) is 0 Å². The molecule has 0 amide bonds. The van der Waals surface area contributed by atoms with Gasteiger partial charge in [0.2, 0.25) is 0 Å². The topological polar surface area (TPSA) is 46.5 Å².